The highest BCUT2D eigenvalue weighted by Crippen LogP contribution is 2.11. The van der Waals surface area contributed by atoms with Crippen LogP contribution in [0.5, 0.6) is 0 Å². The Bertz CT molecular complexity index is 544. The molecular formula is C15H21N3O2. The molecule has 0 fully saturated rings. The fourth-order valence-electron chi connectivity index (χ4n) is 2.06. The van der Waals surface area contributed by atoms with E-state index in [1.165, 1.54) is 0 Å². The number of fused-ring (bicyclic) bond motifs is 1. The Kier molecular flexibility index (Phi) is 4.74. The summed E-state index contributed by atoms with van der Waals surface area (Å²) in [6, 6.07) is 7.61. The fraction of sp³-hybridized carbons (Fsp3) is 0.467. The largest absolute Gasteiger partial charge is 0.394 e. The van der Waals surface area contributed by atoms with Crippen LogP contribution in [0.3, 0.4) is 0 Å². The topological polar surface area (TPSA) is 78.0 Å². The first-order chi connectivity index (χ1) is 9.60. The zero-order valence-electron chi connectivity index (χ0n) is 11.9. The summed E-state index contributed by atoms with van der Waals surface area (Å²) in [6.07, 6.45) is 0.930. The molecule has 108 valence electrons. The second-order valence-corrected chi connectivity index (χ2v) is 5.30. The average Bonchev–Trinajstić information content (AvgIpc) is 2.85. The number of carbonyl (C=O) groups is 1. The highest BCUT2D eigenvalue weighted by molar-refractivity contribution is 5.77. The lowest BCUT2D eigenvalue weighted by Gasteiger charge is -2.19. The van der Waals surface area contributed by atoms with Crippen molar-refractivity contribution in [2.45, 2.75) is 32.7 Å². The predicted molar refractivity (Wildman–Crippen MR) is 78.3 cm³/mol. The Morgan fingerprint density at radius 1 is 1.40 bits per heavy atom. The van der Waals surface area contributed by atoms with E-state index in [0.29, 0.717) is 12.8 Å². The van der Waals surface area contributed by atoms with Crippen LogP contribution < -0.4 is 5.32 Å². The molecule has 20 heavy (non-hydrogen) atoms. The quantitative estimate of drug-likeness (QED) is 0.749. The van der Waals surface area contributed by atoms with Crippen molar-refractivity contribution < 1.29 is 9.90 Å². The molecule has 0 saturated carbocycles. The second-order valence-electron chi connectivity index (χ2n) is 5.30. The summed E-state index contributed by atoms with van der Waals surface area (Å²) in [5, 5.41) is 12.0. The molecule has 0 unspecified atom stereocenters. The molecule has 1 aromatic carbocycles. The van der Waals surface area contributed by atoms with E-state index >= 15 is 0 Å². The summed E-state index contributed by atoms with van der Waals surface area (Å²) in [6.45, 7) is 3.91. The van der Waals surface area contributed by atoms with Crippen LogP contribution in [0.4, 0.5) is 0 Å². The van der Waals surface area contributed by atoms with Crippen molar-refractivity contribution in [3.63, 3.8) is 0 Å². The fourth-order valence-corrected chi connectivity index (χ4v) is 2.06. The minimum Gasteiger partial charge on any atom is -0.394 e. The second kappa shape index (κ2) is 6.52. The van der Waals surface area contributed by atoms with E-state index in [0.717, 1.165) is 16.9 Å². The maximum atomic E-state index is 11.8. The summed E-state index contributed by atoms with van der Waals surface area (Å²) < 4.78 is 0. The molecule has 0 bridgehead atoms. The van der Waals surface area contributed by atoms with Gasteiger partial charge in [0.2, 0.25) is 5.91 Å². The number of nitrogens with zero attached hydrogens (tertiary/aromatic N) is 1. The number of amides is 1. The summed E-state index contributed by atoms with van der Waals surface area (Å²) in [7, 11) is 0. The molecule has 0 spiro atoms. The van der Waals surface area contributed by atoms with Crippen molar-refractivity contribution in [2.24, 2.45) is 5.92 Å². The van der Waals surface area contributed by atoms with Crippen LogP contribution in [0.2, 0.25) is 0 Å². The van der Waals surface area contributed by atoms with Crippen LogP contribution in [0.15, 0.2) is 24.3 Å². The highest BCUT2D eigenvalue weighted by atomic mass is 16.3. The number of benzene rings is 1. The van der Waals surface area contributed by atoms with Gasteiger partial charge < -0.3 is 15.4 Å². The number of H-pyrrole nitrogens is 1. The Hall–Kier alpha value is -1.88. The van der Waals surface area contributed by atoms with Gasteiger partial charge in [-0.1, -0.05) is 26.0 Å². The van der Waals surface area contributed by atoms with Gasteiger partial charge in [0.25, 0.3) is 0 Å². The van der Waals surface area contributed by atoms with Crippen molar-refractivity contribution in [2.75, 3.05) is 6.61 Å². The van der Waals surface area contributed by atoms with E-state index in [1.807, 2.05) is 38.1 Å². The highest BCUT2D eigenvalue weighted by Gasteiger charge is 2.15. The van der Waals surface area contributed by atoms with Gasteiger partial charge in [-0.2, -0.15) is 0 Å². The normalized spacial score (nSPS) is 12.8. The molecule has 0 aliphatic rings. The van der Waals surface area contributed by atoms with Crippen molar-refractivity contribution in [3.05, 3.63) is 30.1 Å². The summed E-state index contributed by atoms with van der Waals surface area (Å²) in [5.74, 6) is 0.972. The van der Waals surface area contributed by atoms with Crippen molar-refractivity contribution >= 4 is 16.9 Å². The van der Waals surface area contributed by atoms with Gasteiger partial charge in [-0.15, -0.1) is 0 Å². The third kappa shape index (κ3) is 3.57. The Balaban J connectivity index is 1.89. The molecule has 3 N–H and O–H groups in total. The van der Waals surface area contributed by atoms with Crippen LogP contribution in [0.1, 0.15) is 26.1 Å². The molecular weight excluding hydrogens is 254 g/mol. The Labute approximate surface area is 118 Å². The van der Waals surface area contributed by atoms with Crippen LogP contribution in [-0.4, -0.2) is 33.6 Å². The molecule has 2 aromatic rings. The van der Waals surface area contributed by atoms with Gasteiger partial charge in [0.05, 0.1) is 23.7 Å². The number of para-hydroxylation sites is 2. The number of hydrogen-bond donors (Lipinski definition) is 3. The smallest absolute Gasteiger partial charge is 0.220 e. The summed E-state index contributed by atoms with van der Waals surface area (Å²) >= 11 is 0. The monoisotopic (exact) mass is 275 g/mol. The van der Waals surface area contributed by atoms with E-state index in [1.54, 1.807) is 0 Å². The molecule has 0 radical (unpaired) electrons. The Morgan fingerprint density at radius 3 is 2.80 bits per heavy atom. The molecule has 0 aliphatic heterocycles. The predicted octanol–water partition coefficient (Wildman–Crippen LogP) is 1.63. The lowest BCUT2D eigenvalue weighted by Crippen LogP contribution is -2.41. The molecule has 0 aliphatic carbocycles. The SMILES string of the molecule is CC(C)[C@@H](CO)NC(=O)CCc1nc2ccccc2[nH]1. The number of aromatic nitrogens is 2. The number of aliphatic hydroxyl groups is 1. The zero-order valence-corrected chi connectivity index (χ0v) is 11.9. The van der Waals surface area contributed by atoms with Gasteiger partial charge in [-0.3, -0.25) is 4.79 Å². The van der Waals surface area contributed by atoms with E-state index in [9.17, 15) is 9.90 Å². The van der Waals surface area contributed by atoms with Crippen molar-refractivity contribution in [1.82, 2.24) is 15.3 Å². The van der Waals surface area contributed by atoms with Gasteiger partial charge >= 0.3 is 0 Å². The van der Waals surface area contributed by atoms with E-state index in [4.69, 9.17) is 0 Å². The third-order valence-electron chi connectivity index (χ3n) is 3.38. The van der Waals surface area contributed by atoms with Crippen molar-refractivity contribution in [3.8, 4) is 0 Å². The minimum atomic E-state index is -0.182. The zero-order chi connectivity index (χ0) is 14.5. The van der Waals surface area contributed by atoms with E-state index in [2.05, 4.69) is 15.3 Å². The van der Waals surface area contributed by atoms with Gasteiger partial charge in [0.1, 0.15) is 5.82 Å². The maximum Gasteiger partial charge on any atom is 0.220 e. The molecule has 2 rings (SSSR count). The first-order valence-corrected chi connectivity index (χ1v) is 6.94. The number of imidazole rings is 1. The number of rotatable bonds is 6. The third-order valence-corrected chi connectivity index (χ3v) is 3.38. The molecule has 1 heterocycles. The molecule has 1 amide bonds. The minimum absolute atomic E-state index is 0.0337. The van der Waals surface area contributed by atoms with Gasteiger partial charge in [-0.05, 0) is 18.1 Å². The number of nitrogens with one attached hydrogen (secondary N) is 2. The summed E-state index contributed by atoms with van der Waals surface area (Å²) in [5.41, 5.74) is 1.90. The first kappa shape index (κ1) is 14.5. The number of aromatic amines is 1. The first-order valence-electron chi connectivity index (χ1n) is 6.94. The molecule has 0 saturated heterocycles. The number of hydrogen-bond acceptors (Lipinski definition) is 3. The molecule has 1 aromatic heterocycles. The summed E-state index contributed by atoms with van der Waals surface area (Å²) in [4.78, 5) is 19.5. The molecule has 1 atom stereocenters. The number of carbonyl (C=O) groups excluding carboxylic acids is 1. The standard InChI is InChI=1S/C15H21N3O2/c1-10(2)13(9-19)18-15(20)8-7-14-16-11-5-3-4-6-12(11)17-14/h3-6,10,13,19H,7-9H2,1-2H3,(H,16,17)(H,18,20)/t13-/m1/s1. The molecule has 5 nitrogen and oxygen atoms in total. The van der Waals surface area contributed by atoms with Crippen LogP contribution in [-0.2, 0) is 11.2 Å². The maximum absolute atomic E-state index is 11.8. The van der Waals surface area contributed by atoms with Gasteiger partial charge in [0.15, 0.2) is 0 Å². The molecule has 5 heteroatoms. The number of aliphatic hydroxyl groups excluding tert-OH is 1. The van der Waals surface area contributed by atoms with Gasteiger partial charge in [0, 0.05) is 12.8 Å². The lowest BCUT2D eigenvalue weighted by atomic mass is 10.1. The Morgan fingerprint density at radius 2 is 2.15 bits per heavy atom. The van der Waals surface area contributed by atoms with E-state index < -0.39 is 0 Å². The van der Waals surface area contributed by atoms with Crippen LogP contribution >= 0.6 is 0 Å². The van der Waals surface area contributed by atoms with Crippen molar-refractivity contribution in [1.29, 1.82) is 0 Å². The van der Waals surface area contributed by atoms with E-state index in [-0.39, 0.29) is 24.5 Å². The van der Waals surface area contributed by atoms with Crippen LogP contribution in [0.25, 0.3) is 11.0 Å². The number of aryl methyl sites for hydroxylation is 1. The average molecular weight is 275 g/mol. The lowest BCUT2D eigenvalue weighted by molar-refractivity contribution is -0.122. The van der Waals surface area contributed by atoms with Gasteiger partial charge in [-0.25, -0.2) is 4.98 Å². The van der Waals surface area contributed by atoms with Crippen LogP contribution in [0, 0.1) is 5.92 Å².